The second-order valence-electron chi connectivity index (χ2n) is 7.85. The average Bonchev–Trinajstić information content (AvgIpc) is 2.82. The summed E-state index contributed by atoms with van der Waals surface area (Å²) in [4.78, 5) is 47.7. The number of Topliss-reactive ketones (excluding diaryl/α,β-unsaturated/α-hetero) is 1. The minimum absolute atomic E-state index is 0. The Morgan fingerprint density at radius 1 is 1.14 bits per heavy atom. The summed E-state index contributed by atoms with van der Waals surface area (Å²) in [6.45, 7) is 1.47. The fraction of sp³-hybridized carbons (Fsp3) is 0.250. The number of carboxylic acid groups (broad SMARTS) is 1. The number of amides is 2. The molecule has 2 aromatic carbocycles. The summed E-state index contributed by atoms with van der Waals surface area (Å²) in [5, 5.41) is 20.9. The Labute approximate surface area is 206 Å². The highest BCUT2D eigenvalue weighted by Crippen LogP contribution is 2.38. The number of hydrogen-bond donors (Lipinski definition) is 4. The van der Waals surface area contributed by atoms with Gasteiger partial charge in [0.25, 0.3) is 5.91 Å². The van der Waals surface area contributed by atoms with Gasteiger partial charge in [-0.3, -0.25) is 19.3 Å². The summed E-state index contributed by atoms with van der Waals surface area (Å²) in [6, 6.07) is 13.0. The number of nitrogens with zero attached hydrogens (tertiary/aromatic N) is 1. The molecule has 1 saturated heterocycles. The fourth-order valence-corrected chi connectivity index (χ4v) is 4.08. The number of carbonyl (C=O) groups is 4. The van der Waals surface area contributed by atoms with Gasteiger partial charge >= 0.3 is 5.97 Å². The molecular weight excluding hydrogens is 478 g/mol. The Morgan fingerprint density at radius 3 is 2.34 bits per heavy atom. The van der Waals surface area contributed by atoms with E-state index in [1.165, 1.54) is 19.1 Å². The van der Waals surface area contributed by atoms with Crippen molar-refractivity contribution in [1.29, 1.82) is 0 Å². The summed E-state index contributed by atoms with van der Waals surface area (Å²) in [5.74, 6) is -2.10. The van der Waals surface area contributed by atoms with Crippen LogP contribution in [0.3, 0.4) is 0 Å². The predicted molar refractivity (Wildman–Crippen MR) is 127 cm³/mol. The van der Waals surface area contributed by atoms with Crippen molar-refractivity contribution in [3.05, 3.63) is 76.5 Å². The van der Waals surface area contributed by atoms with E-state index in [1.807, 2.05) is 6.07 Å². The monoisotopic (exact) mass is 503 g/mol. The SMILES string of the molecule is CC(=O)c1cccc(O)c1.N[C@@H](C(=O)N[C@@H]1C(=O)N2C(C(=O)O)=C(Cl)CC[C@H]12)c1ccccc1.O. The number of carboxylic acids is 1. The number of carbonyl (C=O) groups excluding carboxylic acids is 3. The number of allylic oxidation sites excluding steroid dienone is 1. The van der Waals surface area contributed by atoms with E-state index in [9.17, 15) is 24.3 Å². The van der Waals surface area contributed by atoms with E-state index >= 15 is 0 Å². The van der Waals surface area contributed by atoms with Crippen LogP contribution in [0.15, 0.2) is 65.3 Å². The van der Waals surface area contributed by atoms with Gasteiger partial charge in [0.05, 0.1) is 6.04 Å². The molecule has 186 valence electrons. The minimum atomic E-state index is -1.25. The van der Waals surface area contributed by atoms with Crippen LogP contribution in [0.25, 0.3) is 0 Å². The van der Waals surface area contributed by atoms with Crippen molar-refractivity contribution in [3.8, 4) is 5.75 Å². The van der Waals surface area contributed by atoms with E-state index in [0.717, 1.165) is 4.90 Å². The van der Waals surface area contributed by atoms with Crippen LogP contribution >= 0.6 is 11.6 Å². The minimum Gasteiger partial charge on any atom is -0.508 e. The normalized spacial score (nSPS) is 19.2. The predicted octanol–water partition coefficient (Wildman–Crippen LogP) is 1.48. The molecule has 2 aliphatic heterocycles. The van der Waals surface area contributed by atoms with Crippen LogP contribution in [0, 0.1) is 0 Å². The van der Waals surface area contributed by atoms with E-state index in [2.05, 4.69) is 5.32 Å². The lowest BCUT2D eigenvalue weighted by Crippen LogP contribution is -2.72. The molecule has 4 rings (SSSR count). The number of β-lactam (4-membered cyclic amide) rings is 1. The molecule has 2 amide bonds. The van der Waals surface area contributed by atoms with E-state index in [1.54, 1.807) is 36.4 Å². The number of phenolic OH excluding ortho intramolecular Hbond substituents is 1. The van der Waals surface area contributed by atoms with Gasteiger partial charge in [0.1, 0.15) is 23.5 Å². The van der Waals surface area contributed by atoms with Crippen LogP contribution < -0.4 is 11.1 Å². The zero-order valence-corrected chi connectivity index (χ0v) is 19.5. The molecule has 11 heteroatoms. The van der Waals surface area contributed by atoms with Gasteiger partial charge in [-0.2, -0.15) is 0 Å². The van der Waals surface area contributed by atoms with Gasteiger partial charge in [-0.25, -0.2) is 4.79 Å². The zero-order chi connectivity index (χ0) is 25.0. The molecule has 0 unspecified atom stereocenters. The van der Waals surface area contributed by atoms with Gasteiger partial charge in [-0.15, -0.1) is 0 Å². The summed E-state index contributed by atoms with van der Waals surface area (Å²) in [7, 11) is 0. The average molecular weight is 504 g/mol. The molecule has 2 aliphatic rings. The lowest BCUT2D eigenvalue weighted by Gasteiger charge is -2.49. The van der Waals surface area contributed by atoms with Crippen LogP contribution in [0.2, 0.25) is 0 Å². The molecule has 2 aromatic rings. The third-order valence-corrected chi connectivity index (χ3v) is 5.94. The van der Waals surface area contributed by atoms with Gasteiger partial charge in [0.15, 0.2) is 5.78 Å². The summed E-state index contributed by atoms with van der Waals surface area (Å²) in [6.07, 6.45) is 0.849. The van der Waals surface area contributed by atoms with Crippen molar-refractivity contribution in [1.82, 2.24) is 10.2 Å². The number of hydrogen-bond acceptors (Lipinski definition) is 6. The van der Waals surface area contributed by atoms with Gasteiger partial charge in [-0.1, -0.05) is 54.1 Å². The first-order chi connectivity index (χ1) is 16.1. The molecule has 0 radical (unpaired) electrons. The number of halogens is 1. The number of nitrogens with one attached hydrogen (secondary N) is 1. The maximum atomic E-state index is 12.3. The van der Waals surface area contributed by atoms with E-state index in [-0.39, 0.29) is 27.7 Å². The van der Waals surface area contributed by atoms with Crippen molar-refractivity contribution in [3.63, 3.8) is 0 Å². The summed E-state index contributed by atoms with van der Waals surface area (Å²) in [5.41, 5.74) is 6.89. The third-order valence-electron chi connectivity index (χ3n) is 5.57. The molecule has 0 bridgehead atoms. The third kappa shape index (κ3) is 6.04. The first-order valence-electron chi connectivity index (χ1n) is 10.5. The quantitative estimate of drug-likeness (QED) is 0.352. The molecular formula is C24H26ClN3O7. The Bertz CT molecular complexity index is 1150. The smallest absolute Gasteiger partial charge is 0.353 e. The number of aromatic hydroxyl groups is 1. The highest BCUT2D eigenvalue weighted by molar-refractivity contribution is 6.32. The van der Waals surface area contributed by atoms with Gasteiger partial charge in [0, 0.05) is 10.6 Å². The molecule has 0 spiro atoms. The Balaban J connectivity index is 0.000000332. The van der Waals surface area contributed by atoms with E-state index in [4.69, 9.17) is 22.4 Å². The number of rotatable bonds is 5. The van der Waals surface area contributed by atoms with Crippen molar-refractivity contribution in [2.75, 3.05) is 0 Å². The number of nitrogens with two attached hydrogens (primary N) is 1. The first kappa shape index (κ1) is 27.5. The molecule has 0 aromatic heterocycles. The number of phenols is 1. The Kier molecular flexibility index (Phi) is 9.12. The van der Waals surface area contributed by atoms with Crippen LogP contribution in [0.1, 0.15) is 41.7 Å². The van der Waals surface area contributed by atoms with E-state index in [0.29, 0.717) is 24.0 Å². The van der Waals surface area contributed by atoms with Crippen molar-refractivity contribution >= 4 is 35.2 Å². The van der Waals surface area contributed by atoms with Gasteiger partial charge < -0.3 is 26.7 Å². The van der Waals surface area contributed by atoms with Crippen molar-refractivity contribution in [2.45, 2.75) is 37.9 Å². The van der Waals surface area contributed by atoms with Crippen LogP contribution in [-0.4, -0.2) is 56.2 Å². The van der Waals surface area contributed by atoms with Gasteiger partial charge in [-0.05, 0) is 37.5 Å². The Morgan fingerprint density at radius 2 is 1.80 bits per heavy atom. The lowest BCUT2D eigenvalue weighted by atomic mass is 9.86. The molecule has 35 heavy (non-hydrogen) atoms. The highest BCUT2D eigenvalue weighted by Gasteiger charge is 2.53. The molecule has 2 heterocycles. The fourth-order valence-electron chi connectivity index (χ4n) is 3.80. The van der Waals surface area contributed by atoms with Crippen molar-refractivity contribution in [2.24, 2.45) is 5.73 Å². The molecule has 0 aliphatic carbocycles. The van der Waals surface area contributed by atoms with Gasteiger partial charge in [0.2, 0.25) is 5.91 Å². The number of ketones is 1. The number of fused-ring (bicyclic) bond motifs is 1. The van der Waals surface area contributed by atoms with Crippen LogP contribution in [0.5, 0.6) is 5.75 Å². The Hall–Kier alpha value is -3.73. The summed E-state index contributed by atoms with van der Waals surface area (Å²) < 4.78 is 0. The standard InChI is InChI=1S/C16H16ClN3O4.C8H8O2.H2O/c17-9-6-7-10-12(15(22)20(10)13(9)16(23)24)19-14(21)11(18)8-4-2-1-3-5-8;1-6(9)7-3-2-4-8(10)5-7;/h1-5,10-12H,6-7,18H2,(H,19,21)(H,23,24);2-5,10H,1H3;1H2/t10-,11-,12+;;/m1../s1. The molecule has 3 atom stereocenters. The second-order valence-corrected chi connectivity index (χ2v) is 8.31. The van der Waals surface area contributed by atoms with Crippen LogP contribution in [-0.2, 0) is 14.4 Å². The summed E-state index contributed by atoms with van der Waals surface area (Å²) >= 11 is 5.92. The topological polar surface area (TPSA) is 182 Å². The second kappa shape index (κ2) is 11.6. The zero-order valence-electron chi connectivity index (χ0n) is 18.8. The number of aliphatic carboxylic acids is 1. The van der Waals surface area contributed by atoms with Crippen molar-refractivity contribution < 1.29 is 34.9 Å². The molecule has 10 nitrogen and oxygen atoms in total. The molecule has 7 N–H and O–H groups in total. The molecule has 0 saturated carbocycles. The maximum absolute atomic E-state index is 12.3. The number of benzene rings is 2. The van der Waals surface area contributed by atoms with Crippen LogP contribution in [0.4, 0.5) is 0 Å². The lowest BCUT2D eigenvalue weighted by molar-refractivity contribution is -0.156. The largest absolute Gasteiger partial charge is 0.508 e. The highest BCUT2D eigenvalue weighted by atomic mass is 35.5. The van der Waals surface area contributed by atoms with E-state index < -0.39 is 35.9 Å². The first-order valence-corrected chi connectivity index (χ1v) is 10.9. The molecule has 1 fully saturated rings. The maximum Gasteiger partial charge on any atom is 0.353 e.